The number of nitrogens with zero attached hydrogens (tertiary/aromatic N) is 1. The Labute approximate surface area is 157 Å². The van der Waals surface area contributed by atoms with Gasteiger partial charge in [-0.15, -0.1) is 6.58 Å². The van der Waals surface area contributed by atoms with Crippen LogP contribution in [-0.4, -0.2) is 23.8 Å². The molecule has 1 amide bonds. The minimum Gasteiger partial charge on any atom is -0.426 e. The number of carbonyl (C=O) groups is 2. The maximum atomic E-state index is 13.1. The highest BCUT2D eigenvalue weighted by molar-refractivity contribution is 6.17. The summed E-state index contributed by atoms with van der Waals surface area (Å²) in [6.07, 6.45) is 8.01. The monoisotopic (exact) mass is 357 g/mol. The zero-order chi connectivity index (χ0) is 19.1. The van der Waals surface area contributed by atoms with Gasteiger partial charge in [0.1, 0.15) is 5.76 Å². The van der Waals surface area contributed by atoms with Gasteiger partial charge in [-0.1, -0.05) is 38.7 Å². The molecule has 0 N–H and O–H groups in total. The molecule has 0 aromatic carbocycles. The molecule has 1 fully saturated rings. The number of likely N-dealkylation sites (N-methyl/N-ethyl adjacent to an activating group) is 1. The molecule has 2 aliphatic heterocycles. The Morgan fingerprint density at radius 3 is 2.31 bits per heavy atom. The standard InChI is InChI=1S/C22H31NO3/c1-6-22(7-2,13-14(3)4)19-17-16(21(25)26-19)18(23(5)20(17)24)15-11-9-8-10-12-15/h15H,3,6-13H2,1-2,4-5H3. The van der Waals surface area contributed by atoms with Crippen LogP contribution in [0.4, 0.5) is 0 Å². The summed E-state index contributed by atoms with van der Waals surface area (Å²) in [5.41, 5.74) is 2.69. The van der Waals surface area contributed by atoms with Gasteiger partial charge in [0.15, 0.2) is 0 Å². The highest BCUT2D eigenvalue weighted by Crippen LogP contribution is 2.51. The molecule has 3 aliphatic rings. The van der Waals surface area contributed by atoms with E-state index in [4.69, 9.17) is 4.74 Å². The van der Waals surface area contributed by atoms with Crippen molar-refractivity contribution in [2.75, 3.05) is 7.05 Å². The van der Waals surface area contributed by atoms with Crippen LogP contribution < -0.4 is 0 Å². The van der Waals surface area contributed by atoms with Gasteiger partial charge in [0.25, 0.3) is 5.91 Å². The van der Waals surface area contributed by atoms with Crippen molar-refractivity contribution in [3.8, 4) is 0 Å². The van der Waals surface area contributed by atoms with Crippen LogP contribution in [0.3, 0.4) is 0 Å². The lowest BCUT2D eigenvalue weighted by Crippen LogP contribution is -2.30. The third-order valence-corrected chi connectivity index (χ3v) is 6.48. The summed E-state index contributed by atoms with van der Waals surface area (Å²) in [5, 5.41) is 0. The van der Waals surface area contributed by atoms with Crippen molar-refractivity contribution >= 4 is 11.9 Å². The Kier molecular flexibility index (Phi) is 5.14. The summed E-state index contributed by atoms with van der Waals surface area (Å²) in [6.45, 7) is 10.3. The second-order valence-electron chi connectivity index (χ2n) is 8.17. The van der Waals surface area contributed by atoms with Crippen LogP contribution in [0.2, 0.25) is 0 Å². The highest BCUT2D eigenvalue weighted by Gasteiger charge is 2.51. The molecule has 0 atom stereocenters. The second-order valence-corrected chi connectivity index (χ2v) is 8.17. The molecule has 4 heteroatoms. The third-order valence-electron chi connectivity index (χ3n) is 6.48. The number of esters is 1. The largest absolute Gasteiger partial charge is 0.426 e. The molecule has 0 radical (unpaired) electrons. The van der Waals surface area contributed by atoms with Crippen LogP contribution in [0.5, 0.6) is 0 Å². The van der Waals surface area contributed by atoms with Gasteiger partial charge in [0, 0.05) is 24.1 Å². The van der Waals surface area contributed by atoms with E-state index in [-0.39, 0.29) is 23.2 Å². The number of amides is 1. The summed E-state index contributed by atoms with van der Waals surface area (Å²) in [6, 6.07) is 0. The summed E-state index contributed by atoms with van der Waals surface area (Å²) in [5.74, 6) is 0.472. The van der Waals surface area contributed by atoms with Crippen molar-refractivity contribution < 1.29 is 14.3 Å². The van der Waals surface area contributed by atoms with Crippen LogP contribution >= 0.6 is 0 Å². The Morgan fingerprint density at radius 1 is 1.15 bits per heavy atom. The SMILES string of the molecule is C=C(C)CC(CC)(CC)C1=C2C(=O)N(C)C(C3CCCCC3)=C2C(=O)O1. The molecule has 0 saturated heterocycles. The fourth-order valence-electron chi connectivity index (χ4n) is 5.00. The first-order valence-electron chi connectivity index (χ1n) is 10.00. The van der Waals surface area contributed by atoms with E-state index in [2.05, 4.69) is 20.4 Å². The molecule has 142 valence electrons. The predicted octanol–water partition coefficient (Wildman–Crippen LogP) is 4.88. The van der Waals surface area contributed by atoms with E-state index in [9.17, 15) is 9.59 Å². The predicted molar refractivity (Wildman–Crippen MR) is 102 cm³/mol. The molecule has 1 saturated carbocycles. The molecule has 26 heavy (non-hydrogen) atoms. The molecule has 0 unspecified atom stereocenters. The van der Waals surface area contributed by atoms with Crippen molar-refractivity contribution in [1.29, 1.82) is 0 Å². The molecular weight excluding hydrogens is 326 g/mol. The van der Waals surface area contributed by atoms with Crippen molar-refractivity contribution in [3.05, 3.63) is 34.8 Å². The third kappa shape index (κ3) is 2.83. The number of hydrogen-bond donors (Lipinski definition) is 0. The lowest BCUT2D eigenvalue weighted by molar-refractivity contribution is -0.135. The van der Waals surface area contributed by atoms with E-state index < -0.39 is 0 Å². The van der Waals surface area contributed by atoms with Gasteiger partial charge in [-0.25, -0.2) is 4.79 Å². The molecule has 4 nitrogen and oxygen atoms in total. The smallest absolute Gasteiger partial charge is 0.346 e. The minimum absolute atomic E-state index is 0.0746. The van der Waals surface area contributed by atoms with E-state index in [1.54, 1.807) is 4.90 Å². The summed E-state index contributed by atoms with van der Waals surface area (Å²) >= 11 is 0. The van der Waals surface area contributed by atoms with E-state index in [0.717, 1.165) is 56.2 Å². The number of fused-ring (bicyclic) bond motifs is 1. The molecule has 0 spiro atoms. The average Bonchev–Trinajstić information content (AvgIpc) is 3.10. The minimum atomic E-state index is -0.336. The van der Waals surface area contributed by atoms with Gasteiger partial charge in [-0.2, -0.15) is 0 Å². The second kappa shape index (κ2) is 7.05. The van der Waals surface area contributed by atoms with E-state index >= 15 is 0 Å². The first kappa shape index (κ1) is 18.9. The zero-order valence-corrected chi connectivity index (χ0v) is 16.6. The molecule has 0 aromatic heterocycles. The number of carbonyl (C=O) groups excluding carboxylic acids is 2. The fourth-order valence-corrected chi connectivity index (χ4v) is 5.00. The maximum absolute atomic E-state index is 13.1. The highest BCUT2D eigenvalue weighted by atomic mass is 16.5. The lowest BCUT2D eigenvalue weighted by Gasteiger charge is -2.33. The zero-order valence-electron chi connectivity index (χ0n) is 16.6. The number of ether oxygens (including phenoxy) is 1. The molecule has 0 aromatic rings. The van der Waals surface area contributed by atoms with E-state index in [0.29, 0.717) is 16.9 Å². The number of allylic oxidation sites excluding steroid dienone is 3. The van der Waals surface area contributed by atoms with Gasteiger partial charge in [-0.05, 0) is 39.0 Å². The van der Waals surface area contributed by atoms with Crippen LogP contribution in [0, 0.1) is 11.3 Å². The first-order valence-corrected chi connectivity index (χ1v) is 10.00. The quantitative estimate of drug-likeness (QED) is 0.503. The van der Waals surface area contributed by atoms with Crippen LogP contribution in [-0.2, 0) is 14.3 Å². The van der Waals surface area contributed by atoms with E-state index in [1.807, 2.05) is 14.0 Å². The normalized spacial score (nSPS) is 21.6. The van der Waals surface area contributed by atoms with Gasteiger partial charge in [0.2, 0.25) is 0 Å². The Morgan fingerprint density at radius 2 is 1.77 bits per heavy atom. The van der Waals surface area contributed by atoms with Crippen LogP contribution in [0.15, 0.2) is 34.8 Å². The van der Waals surface area contributed by atoms with Gasteiger partial charge < -0.3 is 9.64 Å². The topological polar surface area (TPSA) is 46.6 Å². The fraction of sp³-hybridized carbons (Fsp3) is 0.636. The molecular formula is C22H31NO3. The van der Waals surface area contributed by atoms with Crippen molar-refractivity contribution in [3.63, 3.8) is 0 Å². The molecule has 3 rings (SSSR count). The summed E-state index contributed by atoms with van der Waals surface area (Å²) in [4.78, 5) is 27.7. The van der Waals surface area contributed by atoms with Gasteiger partial charge >= 0.3 is 5.97 Å². The van der Waals surface area contributed by atoms with Gasteiger partial charge in [0.05, 0.1) is 11.1 Å². The summed E-state index contributed by atoms with van der Waals surface area (Å²) in [7, 11) is 1.81. The number of hydrogen-bond acceptors (Lipinski definition) is 3. The van der Waals surface area contributed by atoms with Crippen molar-refractivity contribution in [2.45, 2.75) is 72.1 Å². The number of rotatable bonds is 6. The Balaban J connectivity index is 2.14. The first-order chi connectivity index (χ1) is 12.4. The summed E-state index contributed by atoms with van der Waals surface area (Å²) < 4.78 is 5.81. The van der Waals surface area contributed by atoms with Gasteiger partial charge in [-0.3, -0.25) is 4.79 Å². The van der Waals surface area contributed by atoms with Crippen molar-refractivity contribution in [1.82, 2.24) is 4.90 Å². The molecule has 1 aliphatic carbocycles. The molecule has 2 heterocycles. The number of cyclic esters (lactones) is 1. The Hall–Kier alpha value is -1.84. The lowest BCUT2D eigenvalue weighted by atomic mass is 9.74. The van der Waals surface area contributed by atoms with Crippen molar-refractivity contribution in [2.24, 2.45) is 11.3 Å². The molecule has 0 bridgehead atoms. The van der Waals surface area contributed by atoms with E-state index in [1.165, 1.54) is 6.42 Å². The average molecular weight is 357 g/mol. The Bertz CT molecular complexity index is 703. The maximum Gasteiger partial charge on any atom is 0.346 e. The van der Waals surface area contributed by atoms with Crippen LogP contribution in [0.25, 0.3) is 0 Å². The van der Waals surface area contributed by atoms with Crippen LogP contribution in [0.1, 0.15) is 72.1 Å².